The molecule has 2 aromatic rings. The summed E-state index contributed by atoms with van der Waals surface area (Å²) in [4.78, 5) is 15.0. The van der Waals surface area contributed by atoms with Gasteiger partial charge in [-0.15, -0.1) is 0 Å². The van der Waals surface area contributed by atoms with Crippen molar-refractivity contribution in [1.29, 1.82) is 5.26 Å². The number of carbonyl (C=O) groups is 1. The van der Waals surface area contributed by atoms with Crippen LogP contribution in [-0.4, -0.2) is 20.7 Å². The summed E-state index contributed by atoms with van der Waals surface area (Å²) in [6.07, 6.45) is 2.90. The van der Waals surface area contributed by atoms with E-state index in [1.807, 2.05) is 6.07 Å². The highest BCUT2D eigenvalue weighted by molar-refractivity contribution is 5.95. The lowest BCUT2D eigenvalue weighted by Crippen LogP contribution is -2.14. The highest BCUT2D eigenvalue weighted by atomic mass is 16.1. The molecule has 0 aliphatic heterocycles. The van der Waals surface area contributed by atoms with Crippen molar-refractivity contribution in [3.8, 4) is 11.9 Å². The summed E-state index contributed by atoms with van der Waals surface area (Å²) < 4.78 is 1.26. The van der Waals surface area contributed by atoms with Crippen molar-refractivity contribution in [3.05, 3.63) is 35.8 Å². The van der Waals surface area contributed by atoms with Gasteiger partial charge in [0.15, 0.2) is 11.5 Å². The van der Waals surface area contributed by atoms with Crippen molar-refractivity contribution in [2.75, 3.05) is 5.73 Å². The fourth-order valence-electron chi connectivity index (χ4n) is 1.35. The molecule has 0 atom stereocenters. The van der Waals surface area contributed by atoms with E-state index in [4.69, 9.17) is 16.7 Å². The van der Waals surface area contributed by atoms with Crippen LogP contribution < -0.4 is 11.5 Å². The van der Waals surface area contributed by atoms with Gasteiger partial charge in [-0.3, -0.25) is 4.79 Å². The lowest BCUT2D eigenvalue weighted by molar-refractivity contribution is 0.0996. The second-order valence-corrected chi connectivity index (χ2v) is 3.23. The maximum atomic E-state index is 11.0. The van der Waals surface area contributed by atoms with Crippen LogP contribution >= 0.6 is 0 Å². The summed E-state index contributed by atoms with van der Waals surface area (Å²) in [6, 6.07) is 5.19. The number of nitrogens with zero attached hydrogens (tertiary/aromatic N) is 4. The number of carbonyl (C=O) groups excluding carboxylic acids is 1. The number of hydrogen-bond donors (Lipinski definition) is 2. The monoisotopic (exact) mass is 228 g/mol. The highest BCUT2D eigenvalue weighted by Gasteiger charge is 2.14. The van der Waals surface area contributed by atoms with Gasteiger partial charge >= 0.3 is 0 Å². The van der Waals surface area contributed by atoms with E-state index >= 15 is 0 Å². The van der Waals surface area contributed by atoms with E-state index in [-0.39, 0.29) is 11.4 Å². The lowest BCUT2D eigenvalue weighted by atomic mass is 10.3. The Morgan fingerprint density at radius 3 is 2.88 bits per heavy atom. The number of nitrogen functional groups attached to an aromatic ring is 1. The fraction of sp³-hybridized carbons (Fsp3) is 0. The van der Waals surface area contributed by atoms with Gasteiger partial charge in [-0.05, 0) is 12.1 Å². The Balaban J connectivity index is 2.58. The minimum absolute atomic E-state index is 0.0421. The first-order valence-electron chi connectivity index (χ1n) is 4.64. The van der Waals surface area contributed by atoms with E-state index in [1.54, 1.807) is 12.1 Å². The van der Waals surface area contributed by atoms with Crippen molar-refractivity contribution in [1.82, 2.24) is 14.8 Å². The average molecular weight is 228 g/mol. The Kier molecular flexibility index (Phi) is 2.46. The number of hydrogen-bond acceptors (Lipinski definition) is 5. The van der Waals surface area contributed by atoms with Gasteiger partial charge in [0.2, 0.25) is 0 Å². The molecule has 0 aliphatic rings. The molecule has 2 aromatic heterocycles. The second-order valence-electron chi connectivity index (χ2n) is 3.23. The predicted molar refractivity (Wildman–Crippen MR) is 59.0 cm³/mol. The number of pyridine rings is 1. The number of nitriles is 1. The van der Waals surface area contributed by atoms with Gasteiger partial charge in [0, 0.05) is 6.20 Å². The van der Waals surface area contributed by atoms with Gasteiger partial charge in [-0.2, -0.15) is 10.4 Å². The molecule has 0 spiro atoms. The van der Waals surface area contributed by atoms with Gasteiger partial charge in [0.25, 0.3) is 5.91 Å². The fourth-order valence-corrected chi connectivity index (χ4v) is 1.35. The Hall–Kier alpha value is -2.88. The van der Waals surface area contributed by atoms with Gasteiger partial charge in [-0.1, -0.05) is 0 Å². The smallest absolute Gasteiger partial charge is 0.271 e. The molecule has 0 aromatic carbocycles. The quantitative estimate of drug-likeness (QED) is 0.737. The summed E-state index contributed by atoms with van der Waals surface area (Å²) in [7, 11) is 0. The van der Waals surface area contributed by atoms with E-state index in [2.05, 4.69) is 10.1 Å². The van der Waals surface area contributed by atoms with Gasteiger partial charge in [0.1, 0.15) is 6.07 Å². The summed E-state index contributed by atoms with van der Waals surface area (Å²) in [5.41, 5.74) is 11.1. The molecule has 84 valence electrons. The van der Waals surface area contributed by atoms with E-state index in [9.17, 15) is 4.79 Å². The molecule has 0 fully saturated rings. The van der Waals surface area contributed by atoms with Crippen LogP contribution in [0.15, 0.2) is 24.5 Å². The molecule has 1 amide bonds. The Morgan fingerprint density at radius 1 is 1.53 bits per heavy atom. The highest BCUT2D eigenvalue weighted by Crippen LogP contribution is 2.14. The Labute approximate surface area is 96.3 Å². The zero-order valence-corrected chi connectivity index (χ0v) is 8.66. The first-order chi connectivity index (χ1) is 8.13. The number of primary amides is 1. The number of anilines is 1. The molecule has 2 rings (SSSR count). The van der Waals surface area contributed by atoms with E-state index in [0.29, 0.717) is 11.4 Å². The molecular formula is C10H8N6O. The second kappa shape index (κ2) is 3.94. The number of rotatable bonds is 2. The van der Waals surface area contributed by atoms with Crippen LogP contribution in [0.25, 0.3) is 5.82 Å². The molecule has 4 N–H and O–H groups in total. The summed E-state index contributed by atoms with van der Waals surface area (Å²) in [5.74, 6) is -0.426. The van der Waals surface area contributed by atoms with Crippen molar-refractivity contribution >= 4 is 11.6 Å². The van der Waals surface area contributed by atoms with Gasteiger partial charge < -0.3 is 11.5 Å². The van der Waals surface area contributed by atoms with Gasteiger partial charge in [0.05, 0.1) is 17.4 Å². The minimum Gasteiger partial charge on any atom is -0.396 e. The molecule has 0 saturated carbocycles. The third kappa shape index (κ3) is 1.79. The molecule has 0 radical (unpaired) electrons. The summed E-state index contributed by atoms with van der Waals surface area (Å²) >= 11 is 0. The van der Waals surface area contributed by atoms with E-state index < -0.39 is 5.91 Å². The summed E-state index contributed by atoms with van der Waals surface area (Å²) in [6.45, 7) is 0. The maximum Gasteiger partial charge on any atom is 0.271 e. The SMILES string of the molecule is N#Cc1cccnc1-n1cc(N)c(C(N)=O)n1. The minimum atomic E-state index is -0.726. The van der Waals surface area contributed by atoms with E-state index in [0.717, 1.165) is 0 Å². The van der Waals surface area contributed by atoms with Crippen LogP contribution in [0.5, 0.6) is 0 Å². The van der Waals surface area contributed by atoms with E-state index in [1.165, 1.54) is 17.1 Å². The molecule has 17 heavy (non-hydrogen) atoms. The van der Waals surface area contributed by atoms with Crippen LogP contribution in [-0.2, 0) is 0 Å². The molecule has 2 heterocycles. The standard InChI is InChI=1S/C10H8N6O/c11-4-6-2-1-3-14-10(6)16-5-7(12)8(15-16)9(13)17/h1-3,5H,12H2,(H2,13,17). The maximum absolute atomic E-state index is 11.0. The molecule has 0 unspecified atom stereocenters. The van der Waals surface area contributed by atoms with Crippen molar-refractivity contribution in [2.45, 2.75) is 0 Å². The molecule has 0 saturated heterocycles. The molecule has 7 heteroatoms. The Bertz CT molecular complexity index is 624. The van der Waals surface area contributed by atoms with Crippen LogP contribution in [0.2, 0.25) is 0 Å². The van der Waals surface area contributed by atoms with Crippen molar-refractivity contribution in [3.63, 3.8) is 0 Å². The number of aromatic nitrogens is 3. The van der Waals surface area contributed by atoms with Crippen LogP contribution in [0.4, 0.5) is 5.69 Å². The normalized spacial score (nSPS) is 9.82. The van der Waals surface area contributed by atoms with Gasteiger partial charge in [-0.25, -0.2) is 9.67 Å². The van der Waals surface area contributed by atoms with Crippen LogP contribution in [0, 0.1) is 11.3 Å². The molecular weight excluding hydrogens is 220 g/mol. The third-order valence-corrected chi connectivity index (χ3v) is 2.10. The van der Waals surface area contributed by atoms with Crippen LogP contribution in [0.3, 0.4) is 0 Å². The first kappa shape index (κ1) is 10.6. The zero-order chi connectivity index (χ0) is 12.4. The predicted octanol–water partition coefficient (Wildman–Crippen LogP) is -0.180. The van der Waals surface area contributed by atoms with Crippen LogP contribution in [0.1, 0.15) is 16.1 Å². The third-order valence-electron chi connectivity index (χ3n) is 2.10. The molecule has 0 aliphatic carbocycles. The number of nitrogens with two attached hydrogens (primary N) is 2. The van der Waals surface area contributed by atoms with Crippen molar-refractivity contribution in [2.24, 2.45) is 5.73 Å². The number of amides is 1. The van der Waals surface area contributed by atoms with Crippen molar-refractivity contribution < 1.29 is 4.79 Å². The topological polar surface area (TPSA) is 124 Å². The largest absolute Gasteiger partial charge is 0.396 e. The average Bonchev–Trinajstić information content (AvgIpc) is 2.71. The molecule has 7 nitrogen and oxygen atoms in total. The first-order valence-corrected chi connectivity index (χ1v) is 4.64. The lowest BCUT2D eigenvalue weighted by Gasteiger charge is -2.00. The molecule has 0 bridgehead atoms. The Morgan fingerprint density at radius 2 is 2.29 bits per heavy atom. The summed E-state index contributed by atoms with van der Waals surface area (Å²) in [5, 5.41) is 12.8. The zero-order valence-electron chi connectivity index (χ0n) is 8.66.